The predicted molar refractivity (Wildman–Crippen MR) is 110 cm³/mol. The molecule has 0 saturated carbocycles. The zero-order chi connectivity index (χ0) is 18.5. The summed E-state index contributed by atoms with van der Waals surface area (Å²) in [6.07, 6.45) is 0.470. The van der Waals surface area contributed by atoms with Crippen LogP contribution in [0.25, 0.3) is 5.70 Å². The lowest BCUT2D eigenvalue weighted by Crippen LogP contribution is -2.36. The highest BCUT2D eigenvalue weighted by molar-refractivity contribution is 8.16. The molecular weight excluding hydrogens is 344 g/mol. The molecular formula is C20H22N4OS. The quantitative estimate of drug-likeness (QED) is 0.746. The van der Waals surface area contributed by atoms with E-state index in [1.165, 1.54) is 17.3 Å². The molecule has 3 rings (SSSR count). The second-order valence-electron chi connectivity index (χ2n) is 6.09. The minimum Gasteiger partial charge on any atom is -0.326 e. The number of anilines is 1. The van der Waals surface area contributed by atoms with E-state index in [0.717, 1.165) is 33.4 Å². The van der Waals surface area contributed by atoms with Crippen LogP contribution in [0.4, 0.5) is 11.4 Å². The monoisotopic (exact) mass is 366 g/mol. The molecule has 1 heterocycles. The summed E-state index contributed by atoms with van der Waals surface area (Å²) in [4.78, 5) is 16.1. The lowest BCUT2D eigenvalue weighted by molar-refractivity contribution is -0.115. The van der Waals surface area contributed by atoms with E-state index in [4.69, 9.17) is 0 Å². The van der Waals surface area contributed by atoms with Crippen molar-refractivity contribution in [3.63, 3.8) is 0 Å². The molecule has 0 fully saturated rings. The Hall–Kier alpha value is -2.73. The fourth-order valence-corrected chi connectivity index (χ4v) is 3.20. The molecule has 2 aromatic rings. The van der Waals surface area contributed by atoms with Crippen molar-refractivity contribution in [2.75, 3.05) is 5.32 Å². The van der Waals surface area contributed by atoms with Crippen LogP contribution in [0.5, 0.6) is 0 Å². The lowest BCUT2D eigenvalue weighted by atomic mass is 10.1. The van der Waals surface area contributed by atoms with Gasteiger partial charge in [0.25, 0.3) is 0 Å². The van der Waals surface area contributed by atoms with Crippen LogP contribution >= 0.6 is 11.8 Å². The van der Waals surface area contributed by atoms with E-state index in [1.54, 1.807) is 0 Å². The van der Waals surface area contributed by atoms with Crippen LogP contribution in [0.1, 0.15) is 30.0 Å². The van der Waals surface area contributed by atoms with Gasteiger partial charge in [0.2, 0.25) is 5.91 Å². The van der Waals surface area contributed by atoms with E-state index < -0.39 is 0 Å². The van der Waals surface area contributed by atoms with E-state index in [2.05, 4.69) is 47.1 Å². The van der Waals surface area contributed by atoms with Gasteiger partial charge in [0.15, 0.2) is 5.17 Å². The lowest BCUT2D eigenvalue weighted by Gasteiger charge is -2.19. The third-order valence-electron chi connectivity index (χ3n) is 3.97. The van der Waals surface area contributed by atoms with Crippen LogP contribution in [0.15, 0.2) is 52.9 Å². The first-order chi connectivity index (χ1) is 12.5. The van der Waals surface area contributed by atoms with E-state index in [0.29, 0.717) is 6.42 Å². The molecule has 6 heteroatoms. The maximum Gasteiger partial charge on any atom is 0.224 e. The van der Waals surface area contributed by atoms with Gasteiger partial charge in [-0.1, -0.05) is 48.5 Å². The van der Waals surface area contributed by atoms with Crippen LogP contribution in [0.3, 0.4) is 0 Å². The molecule has 1 amide bonds. The molecule has 0 aliphatic carbocycles. The van der Waals surface area contributed by atoms with Gasteiger partial charge in [0.1, 0.15) is 0 Å². The highest BCUT2D eigenvalue weighted by Gasteiger charge is 2.11. The average molecular weight is 366 g/mol. The smallest absolute Gasteiger partial charge is 0.224 e. The summed E-state index contributed by atoms with van der Waals surface area (Å²) in [6.45, 7) is 5.97. The number of amides is 1. The number of hydrogen-bond acceptors (Lipinski definition) is 4. The van der Waals surface area contributed by atoms with Gasteiger partial charge in [0, 0.05) is 23.1 Å². The zero-order valence-corrected chi connectivity index (χ0v) is 15.9. The van der Waals surface area contributed by atoms with Crippen LogP contribution in [0.2, 0.25) is 0 Å². The molecule has 1 aliphatic rings. The number of benzene rings is 2. The van der Waals surface area contributed by atoms with Gasteiger partial charge in [-0.05, 0) is 37.6 Å². The number of aryl methyl sites for hydroxylation is 2. The topological polar surface area (TPSA) is 65.5 Å². The number of aliphatic imine (C=N–C) groups is 1. The molecule has 0 radical (unpaired) electrons. The Morgan fingerprint density at radius 1 is 1.12 bits per heavy atom. The fraction of sp³-hybridized carbons (Fsp3) is 0.200. The number of rotatable bonds is 4. The molecule has 2 aromatic carbocycles. The summed E-state index contributed by atoms with van der Waals surface area (Å²) in [6, 6.07) is 14.0. The van der Waals surface area contributed by atoms with Gasteiger partial charge in [-0.15, -0.1) is 0 Å². The SMILES string of the molecule is CCC(=O)Nc1ccc(C2=CSC(=Nc3ccc(C)cc3C)NN2)cc1. The molecule has 5 nitrogen and oxygen atoms in total. The highest BCUT2D eigenvalue weighted by atomic mass is 32.2. The number of nitrogens with zero attached hydrogens (tertiary/aromatic N) is 1. The molecule has 3 N–H and O–H groups in total. The van der Waals surface area contributed by atoms with Crippen LogP contribution < -0.4 is 16.2 Å². The number of carbonyl (C=O) groups excluding carboxylic acids is 1. The second kappa shape index (κ2) is 8.10. The third-order valence-corrected chi connectivity index (χ3v) is 4.74. The second-order valence-corrected chi connectivity index (χ2v) is 6.94. The summed E-state index contributed by atoms with van der Waals surface area (Å²) < 4.78 is 0. The number of carbonyl (C=O) groups is 1. The number of hydrogen-bond donors (Lipinski definition) is 3. The summed E-state index contributed by atoms with van der Waals surface area (Å²) in [7, 11) is 0. The molecule has 0 bridgehead atoms. The highest BCUT2D eigenvalue weighted by Crippen LogP contribution is 2.25. The first-order valence-electron chi connectivity index (χ1n) is 8.50. The zero-order valence-electron chi connectivity index (χ0n) is 15.1. The van der Waals surface area contributed by atoms with Crippen molar-refractivity contribution >= 4 is 39.9 Å². The van der Waals surface area contributed by atoms with Crippen molar-refractivity contribution in [1.29, 1.82) is 0 Å². The minimum atomic E-state index is 0.0113. The number of amidine groups is 1. The number of thioether (sulfide) groups is 1. The van der Waals surface area contributed by atoms with Gasteiger partial charge in [0.05, 0.1) is 11.4 Å². The van der Waals surface area contributed by atoms with Crippen molar-refractivity contribution in [1.82, 2.24) is 10.9 Å². The Balaban J connectivity index is 1.69. The molecule has 134 valence electrons. The molecule has 0 saturated heterocycles. The largest absolute Gasteiger partial charge is 0.326 e. The number of nitrogens with one attached hydrogen (secondary N) is 3. The Morgan fingerprint density at radius 3 is 2.50 bits per heavy atom. The van der Waals surface area contributed by atoms with Crippen LogP contribution in [0, 0.1) is 13.8 Å². The van der Waals surface area contributed by atoms with Crippen LogP contribution in [-0.4, -0.2) is 11.1 Å². The summed E-state index contributed by atoms with van der Waals surface area (Å²) in [5.41, 5.74) is 12.5. The van der Waals surface area contributed by atoms with E-state index in [1.807, 2.05) is 42.7 Å². The standard InChI is InChI=1S/C20H22N4OS/c1-4-19(25)21-16-8-6-15(7-9-16)18-12-26-20(24-23-18)22-17-10-5-13(2)11-14(17)3/h5-12,23H,4H2,1-3H3,(H,21,25)(H,22,24). The van der Waals surface area contributed by atoms with Gasteiger partial charge in [-0.25, -0.2) is 4.99 Å². The first kappa shape index (κ1) is 18.1. The molecule has 0 aromatic heterocycles. The Labute approximate surface area is 158 Å². The maximum absolute atomic E-state index is 11.4. The summed E-state index contributed by atoms with van der Waals surface area (Å²) in [5, 5.41) is 5.67. The molecule has 26 heavy (non-hydrogen) atoms. The Kier molecular flexibility index (Phi) is 5.63. The molecule has 0 spiro atoms. The fourth-order valence-electron chi connectivity index (χ4n) is 2.51. The van der Waals surface area contributed by atoms with E-state index in [-0.39, 0.29) is 5.91 Å². The molecule has 1 aliphatic heterocycles. The first-order valence-corrected chi connectivity index (χ1v) is 9.38. The third kappa shape index (κ3) is 4.46. The summed E-state index contributed by atoms with van der Waals surface area (Å²) in [5.74, 6) is 0.0113. The molecule has 0 unspecified atom stereocenters. The minimum absolute atomic E-state index is 0.0113. The maximum atomic E-state index is 11.4. The molecule has 0 atom stereocenters. The van der Waals surface area contributed by atoms with Gasteiger partial charge in [-0.2, -0.15) is 0 Å². The van der Waals surface area contributed by atoms with E-state index >= 15 is 0 Å². The normalized spacial score (nSPS) is 15.0. The Morgan fingerprint density at radius 2 is 1.88 bits per heavy atom. The average Bonchev–Trinajstić information content (AvgIpc) is 2.65. The summed E-state index contributed by atoms with van der Waals surface area (Å²) >= 11 is 1.54. The van der Waals surface area contributed by atoms with Crippen molar-refractivity contribution in [2.45, 2.75) is 27.2 Å². The number of hydrazine groups is 1. The van der Waals surface area contributed by atoms with Crippen molar-refractivity contribution < 1.29 is 4.79 Å². The Bertz CT molecular complexity index is 872. The van der Waals surface area contributed by atoms with Crippen LogP contribution in [-0.2, 0) is 4.79 Å². The van der Waals surface area contributed by atoms with Gasteiger partial charge < -0.3 is 5.32 Å². The van der Waals surface area contributed by atoms with Crippen molar-refractivity contribution in [2.24, 2.45) is 4.99 Å². The predicted octanol–water partition coefficient (Wildman–Crippen LogP) is 4.48. The van der Waals surface area contributed by atoms with Gasteiger partial charge in [-0.3, -0.25) is 15.6 Å². The van der Waals surface area contributed by atoms with E-state index in [9.17, 15) is 4.79 Å². The van der Waals surface area contributed by atoms with Gasteiger partial charge >= 0.3 is 0 Å². The van der Waals surface area contributed by atoms with Crippen molar-refractivity contribution in [3.8, 4) is 0 Å². The van der Waals surface area contributed by atoms with Crippen molar-refractivity contribution in [3.05, 3.63) is 64.6 Å².